The van der Waals surface area contributed by atoms with Gasteiger partial charge in [0, 0.05) is 37.4 Å². The summed E-state index contributed by atoms with van der Waals surface area (Å²) in [7, 11) is 0. The molecule has 1 aromatic carbocycles. The van der Waals surface area contributed by atoms with E-state index in [0.717, 1.165) is 6.42 Å². The van der Waals surface area contributed by atoms with Gasteiger partial charge in [-0.2, -0.15) is 0 Å². The summed E-state index contributed by atoms with van der Waals surface area (Å²) in [6, 6.07) is 6.78. The molecular formula is C16H20ClN3O4. The predicted molar refractivity (Wildman–Crippen MR) is 90.7 cm³/mol. The van der Waals surface area contributed by atoms with E-state index in [-0.39, 0.29) is 30.9 Å². The lowest BCUT2D eigenvalue weighted by Crippen LogP contribution is -2.46. The minimum Gasteiger partial charge on any atom is -0.481 e. The predicted octanol–water partition coefficient (Wildman–Crippen LogP) is 1.57. The summed E-state index contributed by atoms with van der Waals surface area (Å²) in [4.78, 5) is 38.6. The minimum absolute atomic E-state index is 0. The van der Waals surface area contributed by atoms with Gasteiger partial charge in [-0.3, -0.25) is 14.5 Å². The molecule has 8 heteroatoms. The SMILES string of the molecule is Cl.O=C(O)C1CCN(C(=O)c2cccc(N3CCCNC3=O)c2)C1. The van der Waals surface area contributed by atoms with Gasteiger partial charge in [0.25, 0.3) is 5.91 Å². The van der Waals surface area contributed by atoms with Crippen molar-refractivity contribution in [1.29, 1.82) is 0 Å². The normalized spacial score (nSPS) is 20.3. The van der Waals surface area contributed by atoms with Crippen LogP contribution < -0.4 is 10.2 Å². The molecule has 0 bridgehead atoms. The molecule has 1 atom stereocenters. The van der Waals surface area contributed by atoms with Crippen LogP contribution in [-0.4, -0.2) is 54.1 Å². The number of nitrogens with zero attached hydrogens (tertiary/aromatic N) is 2. The number of nitrogens with one attached hydrogen (secondary N) is 1. The molecule has 2 saturated heterocycles. The molecule has 24 heavy (non-hydrogen) atoms. The molecule has 3 amide bonds. The maximum atomic E-state index is 12.5. The molecule has 0 radical (unpaired) electrons. The van der Waals surface area contributed by atoms with Crippen molar-refractivity contribution >= 4 is 36.0 Å². The van der Waals surface area contributed by atoms with Crippen LogP contribution in [0.1, 0.15) is 23.2 Å². The van der Waals surface area contributed by atoms with E-state index in [1.807, 2.05) is 0 Å². The van der Waals surface area contributed by atoms with E-state index < -0.39 is 11.9 Å². The molecule has 1 unspecified atom stereocenters. The molecule has 7 nitrogen and oxygen atoms in total. The fraction of sp³-hybridized carbons (Fsp3) is 0.438. The Morgan fingerprint density at radius 1 is 1.25 bits per heavy atom. The Morgan fingerprint density at radius 3 is 2.71 bits per heavy atom. The number of hydrogen-bond donors (Lipinski definition) is 2. The third kappa shape index (κ3) is 3.62. The third-order valence-electron chi connectivity index (χ3n) is 4.31. The number of amides is 3. The van der Waals surface area contributed by atoms with Gasteiger partial charge in [-0.1, -0.05) is 6.07 Å². The summed E-state index contributed by atoms with van der Waals surface area (Å²) in [6.45, 7) is 1.97. The summed E-state index contributed by atoms with van der Waals surface area (Å²) >= 11 is 0. The molecule has 0 aliphatic carbocycles. The van der Waals surface area contributed by atoms with Gasteiger partial charge in [0.15, 0.2) is 0 Å². The van der Waals surface area contributed by atoms with E-state index in [1.165, 1.54) is 0 Å². The van der Waals surface area contributed by atoms with E-state index in [1.54, 1.807) is 34.1 Å². The van der Waals surface area contributed by atoms with Crippen LogP contribution in [0.2, 0.25) is 0 Å². The first-order valence-corrected chi connectivity index (χ1v) is 7.74. The second-order valence-corrected chi connectivity index (χ2v) is 5.86. The van der Waals surface area contributed by atoms with Crippen molar-refractivity contribution in [3.63, 3.8) is 0 Å². The highest BCUT2D eigenvalue weighted by molar-refractivity contribution is 5.98. The average molecular weight is 354 g/mol. The number of likely N-dealkylation sites (tertiary alicyclic amines) is 1. The van der Waals surface area contributed by atoms with Crippen molar-refractivity contribution in [2.75, 3.05) is 31.1 Å². The number of carbonyl (C=O) groups excluding carboxylic acids is 2. The number of hydrogen-bond acceptors (Lipinski definition) is 3. The standard InChI is InChI=1S/C16H19N3O4.ClH/c20-14(18-8-5-12(10-18)15(21)22)11-3-1-4-13(9-11)19-7-2-6-17-16(19)23;/h1,3-4,9,12H,2,5-8,10H2,(H,17,23)(H,21,22);1H. The number of aliphatic carboxylic acids is 1. The van der Waals surface area contributed by atoms with E-state index in [4.69, 9.17) is 5.11 Å². The van der Waals surface area contributed by atoms with Crippen molar-refractivity contribution in [2.24, 2.45) is 5.92 Å². The summed E-state index contributed by atoms with van der Waals surface area (Å²) in [5.41, 5.74) is 1.16. The van der Waals surface area contributed by atoms with Gasteiger partial charge in [-0.15, -0.1) is 12.4 Å². The molecule has 2 aliphatic heterocycles. The lowest BCUT2D eigenvalue weighted by atomic mass is 10.1. The highest BCUT2D eigenvalue weighted by atomic mass is 35.5. The zero-order valence-electron chi connectivity index (χ0n) is 13.1. The highest BCUT2D eigenvalue weighted by Crippen LogP contribution is 2.22. The third-order valence-corrected chi connectivity index (χ3v) is 4.31. The quantitative estimate of drug-likeness (QED) is 0.863. The number of benzene rings is 1. The van der Waals surface area contributed by atoms with E-state index in [2.05, 4.69) is 5.32 Å². The molecule has 130 valence electrons. The van der Waals surface area contributed by atoms with Crippen LogP contribution >= 0.6 is 12.4 Å². The summed E-state index contributed by atoms with van der Waals surface area (Å²) in [5, 5.41) is 11.8. The Kier molecular flexibility index (Phi) is 5.66. The number of carboxylic acid groups (broad SMARTS) is 1. The van der Waals surface area contributed by atoms with Gasteiger partial charge in [-0.25, -0.2) is 4.79 Å². The Bertz CT molecular complexity index is 652. The van der Waals surface area contributed by atoms with Gasteiger partial charge in [0.2, 0.25) is 0 Å². The molecule has 0 spiro atoms. The maximum Gasteiger partial charge on any atom is 0.321 e. The smallest absolute Gasteiger partial charge is 0.321 e. The molecule has 2 aliphatic rings. The van der Waals surface area contributed by atoms with Crippen LogP contribution in [0.25, 0.3) is 0 Å². The lowest BCUT2D eigenvalue weighted by Gasteiger charge is -2.28. The second kappa shape index (κ2) is 7.53. The van der Waals surface area contributed by atoms with Gasteiger partial charge >= 0.3 is 12.0 Å². The largest absolute Gasteiger partial charge is 0.481 e. The first-order chi connectivity index (χ1) is 11.1. The van der Waals surface area contributed by atoms with Crippen LogP contribution in [0, 0.1) is 5.92 Å². The van der Waals surface area contributed by atoms with Crippen molar-refractivity contribution in [3.05, 3.63) is 29.8 Å². The van der Waals surface area contributed by atoms with Gasteiger partial charge in [-0.05, 0) is 31.0 Å². The first-order valence-electron chi connectivity index (χ1n) is 7.74. The monoisotopic (exact) mass is 353 g/mol. The summed E-state index contributed by atoms with van der Waals surface area (Å²) < 4.78 is 0. The Hall–Kier alpha value is -2.28. The van der Waals surface area contributed by atoms with Crippen LogP contribution in [0.15, 0.2) is 24.3 Å². The van der Waals surface area contributed by atoms with Crippen LogP contribution in [0.4, 0.5) is 10.5 Å². The van der Waals surface area contributed by atoms with E-state index in [9.17, 15) is 14.4 Å². The summed E-state index contributed by atoms with van der Waals surface area (Å²) in [6.07, 6.45) is 1.34. The topological polar surface area (TPSA) is 89.9 Å². The van der Waals surface area contributed by atoms with Crippen molar-refractivity contribution in [1.82, 2.24) is 10.2 Å². The molecule has 1 aromatic rings. The Morgan fingerprint density at radius 2 is 2.04 bits per heavy atom. The van der Waals surface area contributed by atoms with Gasteiger partial charge in [0.05, 0.1) is 5.92 Å². The number of urea groups is 1. The number of anilines is 1. The van der Waals surface area contributed by atoms with Crippen molar-refractivity contribution in [3.8, 4) is 0 Å². The second-order valence-electron chi connectivity index (χ2n) is 5.86. The van der Waals surface area contributed by atoms with Gasteiger partial charge < -0.3 is 15.3 Å². The number of carboxylic acids is 1. The van der Waals surface area contributed by atoms with Crippen molar-refractivity contribution < 1.29 is 19.5 Å². The van der Waals surface area contributed by atoms with E-state index >= 15 is 0 Å². The maximum absolute atomic E-state index is 12.5. The zero-order chi connectivity index (χ0) is 16.4. The first kappa shape index (κ1) is 18.1. The molecular weight excluding hydrogens is 334 g/mol. The van der Waals surface area contributed by atoms with Gasteiger partial charge in [0.1, 0.15) is 0 Å². The molecule has 2 fully saturated rings. The fourth-order valence-electron chi connectivity index (χ4n) is 3.01. The van der Waals surface area contributed by atoms with Crippen LogP contribution in [-0.2, 0) is 4.79 Å². The fourth-order valence-corrected chi connectivity index (χ4v) is 3.01. The molecule has 2 heterocycles. The van der Waals surface area contributed by atoms with Crippen LogP contribution in [0.5, 0.6) is 0 Å². The number of halogens is 1. The van der Waals surface area contributed by atoms with Crippen molar-refractivity contribution in [2.45, 2.75) is 12.8 Å². The average Bonchev–Trinajstić information content (AvgIpc) is 3.05. The Balaban J connectivity index is 0.00000208. The number of rotatable bonds is 3. The molecule has 2 N–H and O–H groups in total. The highest BCUT2D eigenvalue weighted by Gasteiger charge is 2.31. The van der Waals surface area contributed by atoms with Crippen LogP contribution in [0.3, 0.4) is 0 Å². The Labute approximate surface area is 146 Å². The lowest BCUT2D eigenvalue weighted by molar-refractivity contribution is -0.141. The molecule has 0 aromatic heterocycles. The number of carbonyl (C=O) groups is 3. The van der Waals surface area contributed by atoms with E-state index in [0.29, 0.717) is 37.3 Å². The zero-order valence-corrected chi connectivity index (χ0v) is 13.9. The summed E-state index contributed by atoms with van der Waals surface area (Å²) in [5.74, 6) is -1.54. The molecule has 0 saturated carbocycles. The molecule has 3 rings (SSSR count). The minimum atomic E-state index is -0.862.